The highest BCUT2D eigenvalue weighted by atomic mass is 32.2. The zero-order chi connectivity index (χ0) is 13.9. The summed E-state index contributed by atoms with van der Waals surface area (Å²) in [6.07, 6.45) is 4.33. The largest absolute Gasteiger partial charge is 0.392 e. The highest BCUT2D eigenvalue weighted by Crippen LogP contribution is 2.29. The minimum Gasteiger partial charge on any atom is -0.392 e. The van der Waals surface area contributed by atoms with Gasteiger partial charge in [0.15, 0.2) is 0 Å². The second-order valence-electron chi connectivity index (χ2n) is 4.91. The molecule has 4 nitrogen and oxygen atoms in total. The maximum Gasteiger partial charge on any atom is 0.243 e. The van der Waals surface area contributed by atoms with Crippen LogP contribution in [0.3, 0.4) is 0 Å². The molecule has 2 rings (SSSR count). The van der Waals surface area contributed by atoms with E-state index >= 15 is 0 Å². The number of hydrogen-bond acceptors (Lipinski definition) is 3. The lowest BCUT2D eigenvalue weighted by atomic mass is 9.83. The van der Waals surface area contributed by atoms with Gasteiger partial charge in [0.2, 0.25) is 10.0 Å². The first-order valence-electron chi connectivity index (χ1n) is 6.42. The van der Waals surface area contributed by atoms with Crippen molar-refractivity contribution in [2.75, 3.05) is 6.54 Å². The molecule has 0 bridgehead atoms. The molecule has 0 heterocycles. The molecule has 106 valence electrons. The molecule has 0 aromatic heterocycles. The summed E-state index contributed by atoms with van der Waals surface area (Å²) in [7, 11) is -3.80. The molecule has 0 aliphatic heterocycles. The minimum absolute atomic E-state index is 0.313. The summed E-state index contributed by atoms with van der Waals surface area (Å²) in [5, 5.41) is 8.86. The van der Waals surface area contributed by atoms with Gasteiger partial charge >= 0.3 is 0 Å². The Morgan fingerprint density at radius 1 is 1.37 bits per heavy atom. The Hall–Kier alpha value is -0.980. The van der Waals surface area contributed by atoms with Crippen LogP contribution in [0.15, 0.2) is 23.1 Å². The van der Waals surface area contributed by atoms with Gasteiger partial charge < -0.3 is 5.11 Å². The molecule has 6 heteroatoms. The normalized spacial score (nSPS) is 16.3. The van der Waals surface area contributed by atoms with Gasteiger partial charge in [-0.1, -0.05) is 25.3 Å². The van der Waals surface area contributed by atoms with E-state index < -0.39 is 15.8 Å². The second kappa shape index (κ2) is 5.98. The third-order valence-electron chi connectivity index (χ3n) is 3.54. The van der Waals surface area contributed by atoms with Crippen LogP contribution in [-0.4, -0.2) is 20.1 Å². The van der Waals surface area contributed by atoms with Crippen LogP contribution in [0.25, 0.3) is 0 Å². The number of benzene rings is 1. The van der Waals surface area contributed by atoms with E-state index in [-0.39, 0.29) is 11.5 Å². The lowest BCUT2D eigenvalue weighted by molar-refractivity contribution is 0.281. The first-order chi connectivity index (χ1) is 9.03. The van der Waals surface area contributed by atoms with Crippen molar-refractivity contribution in [3.8, 4) is 0 Å². The Balaban J connectivity index is 2.01. The first kappa shape index (κ1) is 14.4. The molecule has 1 aromatic rings. The summed E-state index contributed by atoms with van der Waals surface area (Å²) in [6.45, 7) is 0.0283. The quantitative estimate of drug-likeness (QED) is 0.838. The van der Waals surface area contributed by atoms with E-state index in [0.717, 1.165) is 25.3 Å². The number of nitrogens with one attached hydrogen (secondary N) is 1. The zero-order valence-corrected chi connectivity index (χ0v) is 11.4. The minimum atomic E-state index is -3.80. The van der Waals surface area contributed by atoms with Gasteiger partial charge in [-0.15, -0.1) is 0 Å². The van der Waals surface area contributed by atoms with Gasteiger partial charge in [-0.3, -0.25) is 0 Å². The molecule has 1 aromatic carbocycles. The molecule has 0 amide bonds. The fraction of sp³-hybridized carbons (Fsp3) is 0.538. The summed E-state index contributed by atoms with van der Waals surface area (Å²) < 4.78 is 39.9. The molecule has 1 aliphatic rings. The van der Waals surface area contributed by atoms with Gasteiger partial charge in [0.05, 0.1) is 6.61 Å². The highest BCUT2D eigenvalue weighted by molar-refractivity contribution is 7.89. The van der Waals surface area contributed by atoms with Gasteiger partial charge in [0.1, 0.15) is 10.7 Å². The van der Waals surface area contributed by atoms with Crippen LogP contribution in [0.4, 0.5) is 4.39 Å². The van der Waals surface area contributed by atoms with E-state index in [1.165, 1.54) is 18.6 Å². The number of aliphatic hydroxyl groups excluding tert-OH is 1. The van der Waals surface area contributed by atoms with E-state index in [0.29, 0.717) is 18.0 Å². The smallest absolute Gasteiger partial charge is 0.243 e. The van der Waals surface area contributed by atoms with Crippen molar-refractivity contribution < 1.29 is 17.9 Å². The monoisotopic (exact) mass is 287 g/mol. The SMILES string of the molecule is O=S(=O)(NCCC1CCC1)c1ccc(CO)cc1F. The van der Waals surface area contributed by atoms with Gasteiger partial charge in [-0.2, -0.15) is 0 Å². The van der Waals surface area contributed by atoms with Gasteiger partial charge in [0.25, 0.3) is 0 Å². The maximum atomic E-state index is 13.7. The summed E-state index contributed by atoms with van der Waals surface area (Å²) in [6, 6.07) is 3.64. The van der Waals surface area contributed by atoms with Crippen LogP contribution in [0.5, 0.6) is 0 Å². The fourth-order valence-corrected chi connectivity index (χ4v) is 3.22. The van der Waals surface area contributed by atoms with Gasteiger partial charge in [-0.05, 0) is 30.0 Å². The molecule has 1 fully saturated rings. The third kappa shape index (κ3) is 3.52. The van der Waals surface area contributed by atoms with Crippen molar-refractivity contribution in [1.29, 1.82) is 0 Å². The fourth-order valence-electron chi connectivity index (χ4n) is 2.12. The molecule has 19 heavy (non-hydrogen) atoms. The molecular formula is C13H18FNO3S. The highest BCUT2D eigenvalue weighted by Gasteiger charge is 2.21. The van der Waals surface area contributed by atoms with E-state index in [1.807, 2.05) is 0 Å². The molecule has 0 atom stereocenters. The number of aliphatic hydroxyl groups is 1. The lowest BCUT2D eigenvalue weighted by Gasteiger charge is -2.25. The predicted molar refractivity (Wildman–Crippen MR) is 69.5 cm³/mol. The lowest BCUT2D eigenvalue weighted by Crippen LogP contribution is -2.28. The number of hydrogen-bond donors (Lipinski definition) is 2. The predicted octanol–water partition coefficient (Wildman–Crippen LogP) is 1.79. The standard InChI is InChI=1S/C13H18FNO3S/c14-12-8-11(9-16)4-5-13(12)19(17,18)15-7-6-10-2-1-3-10/h4-5,8,10,15-16H,1-3,6-7,9H2. The van der Waals surface area contributed by atoms with Gasteiger partial charge in [-0.25, -0.2) is 17.5 Å². The number of sulfonamides is 1. The molecule has 2 N–H and O–H groups in total. The van der Waals surface area contributed by atoms with Crippen molar-refractivity contribution in [2.45, 2.75) is 37.2 Å². The molecule has 1 aliphatic carbocycles. The topological polar surface area (TPSA) is 66.4 Å². The van der Waals surface area contributed by atoms with Crippen molar-refractivity contribution in [3.05, 3.63) is 29.6 Å². The maximum absolute atomic E-state index is 13.7. The molecule has 1 saturated carbocycles. The summed E-state index contributed by atoms with van der Waals surface area (Å²) in [5.74, 6) is -0.230. The van der Waals surface area contributed by atoms with Crippen LogP contribution >= 0.6 is 0 Å². The third-order valence-corrected chi connectivity index (χ3v) is 5.03. The van der Waals surface area contributed by atoms with E-state index in [4.69, 9.17) is 5.11 Å². The molecule has 0 unspecified atom stereocenters. The summed E-state index contributed by atoms with van der Waals surface area (Å²) in [5.41, 5.74) is 0.353. The van der Waals surface area contributed by atoms with Gasteiger partial charge in [0, 0.05) is 6.54 Å². The van der Waals surface area contributed by atoms with Crippen LogP contribution in [-0.2, 0) is 16.6 Å². The Morgan fingerprint density at radius 2 is 2.11 bits per heavy atom. The number of halogens is 1. The van der Waals surface area contributed by atoms with Crippen molar-refractivity contribution in [3.63, 3.8) is 0 Å². The van der Waals surface area contributed by atoms with E-state index in [9.17, 15) is 12.8 Å². The molecule has 0 radical (unpaired) electrons. The van der Waals surface area contributed by atoms with Crippen molar-refractivity contribution in [1.82, 2.24) is 4.72 Å². The van der Waals surface area contributed by atoms with Crippen LogP contribution in [0, 0.1) is 11.7 Å². The van der Waals surface area contributed by atoms with Crippen molar-refractivity contribution >= 4 is 10.0 Å². The van der Waals surface area contributed by atoms with E-state index in [2.05, 4.69) is 4.72 Å². The van der Waals surface area contributed by atoms with Crippen LogP contribution in [0.1, 0.15) is 31.2 Å². The average molecular weight is 287 g/mol. The Labute approximate surface area is 112 Å². The Morgan fingerprint density at radius 3 is 2.63 bits per heavy atom. The van der Waals surface area contributed by atoms with Crippen molar-refractivity contribution in [2.24, 2.45) is 5.92 Å². The molecule has 0 saturated heterocycles. The first-order valence-corrected chi connectivity index (χ1v) is 7.90. The second-order valence-corrected chi connectivity index (χ2v) is 6.64. The van der Waals surface area contributed by atoms with Crippen LogP contribution in [0.2, 0.25) is 0 Å². The van der Waals surface area contributed by atoms with Crippen LogP contribution < -0.4 is 4.72 Å². The molecule has 0 spiro atoms. The average Bonchev–Trinajstić information content (AvgIpc) is 2.31. The zero-order valence-electron chi connectivity index (χ0n) is 10.6. The molecular weight excluding hydrogens is 269 g/mol. The Kier molecular flexibility index (Phi) is 4.54. The summed E-state index contributed by atoms with van der Waals surface area (Å²) in [4.78, 5) is -0.363. The summed E-state index contributed by atoms with van der Waals surface area (Å²) >= 11 is 0. The number of rotatable bonds is 6. The van der Waals surface area contributed by atoms with E-state index in [1.54, 1.807) is 0 Å². The Bertz CT molecular complexity index is 541.